The van der Waals surface area contributed by atoms with Crippen molar-refractivity contribution in [2.45, 2.75) is 30.8 Å². The number of amides is 1. The highest BCUT2D eigenvalue weighted by Gasteiger charge is 2.34. The van der Waals surface area contributed by atoms with Crippen molar-refractivity contribution in [3.63, 3.8) is 0 Å². The summed E-state index contributed by atoms with van der Waals surface area (Å²) in [5, 5.41) is 26.6. The Morgan fingerprint density at radius 3 is 2.70 bits per heavy atom. The summed E-state index contributed by atoms with van der Waals surface area (Å²) in [6.07, 6.45) is 5.63. The third-order valence-electron chi connectivity index (χ3n) is 5.53. The molecule has 5 rings (SSSR count). The molecule has 7 N–H and O–H groups in total. The molecule has 0 unspecified atom stereocenters. The van der Waals surface area contributed by atoms with Gasteiger partial charge in [0.1, 0.15) is 0 Å². The van der Waals surface area contributed by atoms with Gasteiger partial charge in [-0.05, 0) is 37.5 Å². The highest BCUT2D eigenvalue weighted by atomic mass is 16.5. The number of carbonyl (C=O) groups excluding carboxylic acids is 1. The lowest BCUT2D eigenvalue weighted by molar-refractivity contribution is -0.122. The zero-order valence-corrected chi connectivity index (χ0v) is 17.8. The van der Waals surface area contributed by atoms with E-state index in [1.165, 1.54) is 19.3 Å². The van der Waals surface area contributed by atoms with Crippen LogP contribution in [0.15, 0.2) is 24.4 Å². The Kier molecular flexibility index (Phi) is 6.33. The third-order valence-corrected chi connectivity index (χ3v) is 5.53. The van der Waals surface area contributed by atoms with E-state index in [0.717, 1.165) is 16.6 Å². The third kappa shape index (κ3) is 4.99. The van der Waals surface area contributed by atoms with Crippen LogP contribution in [0.4, 0.5) is 17.5 Å². The number of primary amides is 1. The minimum Gasteiger partial charge on any atom is -0.483 e. The lowest BCUT2D eigenvalue weighted by atomic mass is 9.93. The maximum absolute atomic E-state index is 11.8. The molecule has 1 amide bonds. The number of fused-ring (bicyclic) bond motifs is 1. The van der Waals surface area contributed by atoms with E-state index in [-0.39, 0.29) is 23.9 Å². The molecule has 13 nitrogen and oxygen atoms in total. The second kappa shape index (κ2) is 9.34. The maximum Gasteiger partial charge on any atom is 0.290 e. The molecule has 1 aliphatic heterocycles. The molecule has 2 fully saturated rings. The molecule has 0 atom stereocenters. The van der Waals surface area contributed by atoms with Crippen molar-refractivity contribution < 1.29 is 19.4 Å². The lowest BCUT2D eigenvalue weighted by Crippen LogP contribution is -2.61. The number of nitrogens with two attached hydrogens (primary N) is 2. The van der Waals surface area contributed by atoms with E-state index < -0.39 is 11.4 Å². The second-order valence-corrected chi connectivity index (χ2v) is 8.10. The van der Waals surface area contributed by atoms with E-state index in [1.807, 2.05) is 29.1 Å². The average Bonchev–Trinajstić information content (AvgIpc) is 3.12. The lowest BCUT2D eigenvalue weighted by Gasteiger charge is -2.37. The number of nitrogens with zero attached hydrogens (tertiary/aromatic N) is 5. The van der Waals surface area contributed by atoms with Gasteiger partial charge in [-0.1, -0.05) is 0 Å². The summed E-state index contributed by atoms with van der Waals surface area (Å²) in [7, 11) is 0. The first-order valence-electron chi connectivity index (χ1n) is 10.4. The van der Waals surface area contributed by atoms with Gasteiger partial charge >= 0.3 is 0 Å². The molecule has 0 bridgehead atoms. The van der Waals surface area contributed by atoms with Crippen molar-refractivity contribution in [2.24, 2.45) is 11.5 Å². The SMILES string of the molecule is NC(=O)c1nnc(NCC2(N)COC2)nc1Nc1ccc2nn(C3CCC3)cc2c1.O=CO. The van der Waals surface area contributed by atoms with Gasteiger partial charge < -0.3 is 31.9 Å². The van der Waals surface area contributed by atoms with Crippen LogP contribution in [0.25, 0.3) is 10.9 Å². The Bertz CT molecular complexity index is 1160. The van der Waals surface area contributed by atoms with Crippen LogP contribution in [0.2, 0.25) is 0 Å². The molecule has 1 aliphatic carbocycles. The Morgan fingerprint density at radius 1 is 1.33 bits per heavy atom. The number of benzene rings is 1. The van der Waals surface area contributed by atoms with Crippen LogP contribution in [0.3, 0.4) is 0 Å². The highest BCUT2D eigenvalue weighted by molar-refractivity contribution is 5.96. The number of nitrogens with one attached hydrogen (secondary N) is 2. The first-order chi connectivity index (χ1) is 15.9. The summed E-state index contributed by atoms with van der Waals surface area (Å²) < 4.78 is 7.18. The molecule has 3 aromatic rings. The Hall–Kier alpha value is -3.84. The topological polar surface area (TPSA) is 196 Å². The number of anilines is 3. The van der Waals surface area contributed by atoms with E-state index in [0.29, 0.717) is 25.8 Å². The van der Waals surface area contributed by atoms with Crippen molar-refractivity contribution in [1.82, 2.24) is 25.0 Å². The summed E-state index contributed by atoms with van der Waals surface area (Å²) in [5.74, 6) is -0.245. The van der Waals surface area contributed by atoms with E-state index in [4.69, 9.17) is 26.1 Å². The smallest absolute Gasteiger partial charge is 0.290 e. The van der Waals surface area contributed by atoms with Crippen molar-refractivity contribution in [1.29, 1.82) is 0 Å². The molecule has 3 heterocycles. The fourth-order valence-corrected chi connectivity index (χ4v) is 3.47. The monoisotopic (exact) mass is 455 g/mol. The molecule has 1 saturated heterocycles. The predicted molar refractivity (Wildman–Crippen MR) is 119 cm³/mol. The molecular weight excluding hydrogens is 430 g/mol. The average molecular weight is 455 g/mol. The van der Waals surface area contributed by atoms with Crippen LogP contribution in [0.5, 0.6) is 0 Å². The first kappa shape index (κ1) is 22.4. The molecule has 2 aliphatic rings. The minimum atomic E-state index is -0.717. The molecule has 33 heavy (non-hydrogen) atoms. The fraction of sp³-hybridized carbons (Fsp3) is 0.400. The van der Waals surface area contributed by atoms with Crippen LogP contribution >= 0.6 is 0 Å². The number of rotatable bonds is 7. The molecule has 1 aromatic carbocycles. The quantitative estimate of drug-likeness (QED) is 0.313. The first-order valence-corrected chi connectivity index (χ1v) is 10.4. The summed E-state index contributed by atoms with van der Waals surface area (Å²) in [6, 6.07) is 6.25. The predicted octanol–water partition coefficient (Wildman–Crippen LogP) is 0.629. The molecule has 1 saturated carbocycles. The van der Waals surface area contributed by atoms with Crippen LogP contribution in [0, 0.1) is 0 Å². The molecular formula is C20H25N9O4. The molecule has 13 heteroatoms. The minimum absolute atomic E-state index is 0.0414. The van der Waals surface area contributed by atoms with E-state index >= 15 is 0 Å². The largest absolute Gasteiger partial charge is 0.483 e. The van der Waals surface area contributed by atoms with Gasteiger partial charge in [0.2, 0.25) is 5.95 Å². The number of carboxylic acid groups (broad SMARTS) is 1. The fourth-order valence-electron chi connectivity index (χ4n) is 3.47. The molecule has 0 radical (unpaired) electrons. The number of aromatic nitrogens is 5. The van der Waals surface area contributed by atoms with Gasteiger partial charge in [-0.25, -0.2) is 0 Å². The van der Waals surface area contributed by atoms with Crippen molar-refractivity contribution in [3.8, 4) is 0 Å². The van der Waals surface area contributed by atoms with Crippen molar-refractivity contribution >= 4 is 40.7 Å². The number of ether oxygens (including phenoxy) is 1. The summed E-state index contributed by atoms with van der Waals surface area (Å²) in [4.78, 5) is 24.5. The zero-order valence-electron chi connectivity index (χ0n) is 17.8. The van der Waals surface area contributed by atoms with Crippen molar-refractivity contribution in [3.05, 3.63) is 30.1 Å². The normalized spacial score (nSPS) is 16.6. The number of hydrogen-bond acceptors (Lipinski definition) is 10. The van der Waals surface area contributed by atoms with Crippen LogP contribution < -0.4 is 22.1 Å². The number of carbonyl (C=O) groups is 2. The zero-order chi connectivity index (χ0) is 23.4. The Balaban J connectivity index is 0.000000821. The summed E-state index contributed by atoms with van der Waals surface area (Å²) in [6.45, 7) is 1.11. The van der Waals surface area contributed by atoms with Gasteiger partial charge in [-0.3, -0.25) is 14.3 Å². The molecule has 174 valence electrons. The standard InChI is InChI=1S/C19H23N9O2.CH2O2/c20-16(29)15-17(24-18(26-25-15)22-8-19(21)9-30-10-19)23-12-4-5-14-11(6-12)7-28(27-14)13-2-1-3-13;2-1-3/h4-7,13H,1-3,8-10,21H2,(H2,20,29)(H2,22,23,24,26);1H,(H,2,3). The summed E-state index contributed by atoms with van der Waals surface area (Å²) >= 11 is 0. The van der Waals surface area contributed by atoms with Gasteiger partial charge in [-0.2, -0.15) is 10.1 Å². The van der Waals surface area contributed by atoms with Crippen molar-refractivity contribution in [2.75, 3.05) is 30.4 Å². The van der Waals surface area contributed by atoms with Gasteiger partial charge in [-0.15, -0.1) is 10.2 Å². The highest BCUT2D eigenvalue weighted by Crippen LogP contribution is 2.32. The maximum atomic E-state index is 11.8. The van der Waals surface area contributed by atoms with Gasteiger partial charge in [0, 0.05) is 23.8 Å². The van der Waals surface area contributed by atoms with Crippen LogP contribution in [0.1, 0.15) is 35.8 Å². The van der Waals surface area contributed by atoms with Gasteiger partial charge in [0.05, 0.1) is 30.3 Å². The molecule has 0 spiro atoms. The van der Waals surface area contributed by atoms with E-state index in [9.17, 15) is 4.79 Å². The Labute approximate surface area is 188 Å². The van der Waals surface area contributed by atoms with E-state index in [2.05, 4.69) is 30.9 Å². The van der Waals surface area contributed by atoms with Crippen LogP contribution in [-0.2, 0) is 9.53 Å². The summed E-state index contributed by atoms with van der Waals surface area (Å²) in [5.41, 5.74) is 12.7. The van der Waals surface area contributed by atoms with E-state index in [1.54, 1.807) is 0 Å². The van der Waals surface area contributed by atoms with Gasteiger partial charge in [0.25, 0.3) is 12.4 Å². The number of hydrogen-bond donors (Lipinski definition) is 5. The second-order valence-electron chi connectivity index (χ2n) is 8.10. The van der Waals surface area contributed by atoms with Gasteiger partial charge in [0.15, 0.2) is 11.5 Å². The van der Waals surface area contributed by atoms with Crippen LogP contribution in [-0.4, -0.2) is 67.7 Å². The molecule has 2 aromatic heterocycles. The Morgan fingerprint density at radius 2 is 2.09 bits per heavy atom.